The summed E-state index contributed by atoms with van der Waals surface area (Å²) >= 11 is 11.1. The smallest absolute Gasteiger partial charge is 0.406 e. The SMILES string of the molecule is Cc1c(-c2ccc(OC(F)(F)F)cc2)sc(Br)c1-c1nc(-c2c(F)cccc2Cl)nn1C. The van der Waals surface area contributed by atoms with Crippen molar-refractivity contribution in [1.82, 2.24) is 14.8 Å². The van der Waals surface area contributed by atoms with Crippen LogP contribution in [0.5, 0.6) is 5.75 Å². The summed E-state index contributed by atoms with van der Waals surface area (Å²) < 4.78 is 57.8. The van der Waals surface area contributed by atoms with Crippen molar-refractivity contribution in [3.63, 3.8) is 0 Å². The molecule has 4 rings (SSSR count). The lowest BCUT2D eigenvalue weighted by atomic mass is 10.1. The second kappa shape index (κ2) is 8.49. The highest BCUT2D eigenvalue weighted by Crippen LogP contribution is 2.45. The van der Waals surface area contributed by atoms with Crippen molar-refractivity contribution in [2.75, 3.05) is 0 Å². The first-order valence-corrected chi connectivity index (χ1v) is 11.0. The van der Waals surface area contributed by atoms with Gasteiger partial charge in [-0.05, 0) is 70.4 Å². The Hall–Kier alpha value is -2.43. The van der Waals surface area contributed by atoms with E-state index in [0.29, 0.717) is 11.4 Å². The number of rotatable bonds is 4. The van der Waals surface area contributed by atoms with Crippen LogP contribution in [0.4, 0.5) is 17.6 Å². The molecular formula is C21H13BrClF4N3OS. The van der Waals surface area contributed by atoms with Crippen LogP contribution in [0.1, 0.15) is 5.56 Å². The zero-order valence-electron chi connectivity index (χ0n) is 16.5. The number of aromatic nitrogens is 3. The van der Waals surface area contributed by atoms with E-state index >= 15 is 0 Å². The minimum atomic E-state index is -4.75. The van der Waals surface area contributed by atoms with Crippen LogP contribution in [0.15, 0.2) is 46.3 Å². The Morgan fingerprint density at radius 3 is 2.41 bits per heavy atom. The average Bonchev–Trinajstić information content (AvgIpc) is 3.20. The van der Waals surface area contributed by atoms with Crippen LogP contribution in [-0.2, 0) is 7.05 Å². The van der Waals surface area contributed by atoms with Crippen molar-refractivity contribution in [3.8, 4) is 39.0 Å². The van der Waals surface area contributed by atoms with Gasteiger partial charge >= 0.3 is 6.36 Å². The quantitative estimate of drug-likeness (QED) is 0.247. The molecule has 0 saturated carbocycles. The monoisotopic (exact) mass is 545 g/mol. The van der Waals surface area contributed by atoms with Gasteiger partial charge in [-0.3, -0.25) is 0 Å². The Morgan fingerprint density at radius 2 is 1.78 bits per heavy atom. The van der Waals surface area contributed by atoms with E-state index in [2.05, 4.69) is 30.7 Å². The summed E-state index contributed by atoms with van der Waals surface area (Å²) in [4.78, 5) is 5.35. The molecule has 0 N–H and O–H groups in total. The maximum atomic E-state index is 14.3. The molecule has 2 aromatic heterocycles. The summed E-state index contributed by atoms with van der Waals surface area (Å²) in [5.74, 6) is -0.186. The summed E-state index contributed by atoms with van der Waals surface area (Å²) in [6.45, 7) is 1.87. The van der Waals surface area contributed by atoms with Gasteiger partial charge in [0.05, 0.1) is 14.4 Å². The number of alkyl halides is 3. The minimum Gasteiger partial charge on any atom is -0.406 e. The Balaban J connectivity index is 1.74. The molecule has 4 aromatic rings. The molecule has 32 heavy (non-hydrogen) atoms. The number of aryl methyl sites for hydroxylation is 1. The number of benzene rings is 2. The van der Waals surface area contributed by atoms with Crippen molar-refractivity contribution in [3.05, 3.63) is 62.7 Å². The largest absolute Gasteiger partial charge is 0.573 e. The van der Waals surface area contributed by atoms with Gasteiger partial charge in [-0.25, -0.2) is 14.1 Å². The number of hydrogen-bond acceptors (Lipinski definition) is 4. The van der Waals surface area contributed by atoms with E-state index in [0.717, 1.165) is 19.8 Å². The van der Waals surface area contributed by atoms with Gasteiger partial charge in [-0.15, -0.1) is 24.5 Å². The predicted octanol–water partition coefficient (Wildman–Crippen LogP) is 7.64. The third kappa shape index (κ3) is 4.39. The molecule has 11 heteroatoms. The zero-order chi connectivity index (χ0) is 23.2. The topological polar surface area (TPSA) is 39.9 Å². The summed E-state index contributed by atoms with van der Waals surface area (Å²) in [6, 6.07) is 9.97. The normalized spacial score (nSPS) is 11.8. The Labute approximate surface area is 197 Å². The van der Waals surface area contributed by atoms with E-state index in [-0.39, 0.29) is 22.2 Å². The average molecular weight is 547 g/mol. The molecule has 2 aromatic carbocycles. The number of halogens is 6. The van der Waals surface area contributed by atoms with Crippen molar-refractivity contribution in [2.24, 2.45) is 7.05 Å². The fourth-order valence-corrected chi connectivity index (χ4v) is 5.48. The highest BCUT2D eigenvalue weighted by molar-refractivity contribution is 9.11. The Morgan fingerprint density at radius 1 is 1.09 bits per heavy atom. The van der Waals surface area contributed by atoms with E-state index < -0.39 is 12.2 Å². The molecule has 0 radical (unpaired) electrons. The first-order valence-electron chi connectivity index (χ1n) is 9.06. The summed E-state index contributed by atoms with van der Waals surface area (Å²) in [5, 5.41) is 4.53. The molecule has 0 bridgehead atoms. The van der Waals surface area contributed by atoms with Gasteiger partial charge in [0.25, 0.3) is 0 Å². The molecule has 0 atom stereocenters. The molecule has 4 nitrogen and oxygen atoms in total. The molecule has 0 saturated heterocycles. The minimum absolute atomic E-state index is 0.112. The maximum Gasteiger partial charge on any atom is 0.573 e. The third-order valence-electron chi connectivity index (χ3n) is 4.63. The van der Waals surface area contributed by atoms with E-state index in [4.69, 9.17) is 11.6 Å². The Bertz CT molecular complexity index is 1280. The summed E-state index contributed by atoms with van der Waals surface area (Å²) in [7, 11) is 1.69. The molecule has 0 unspecified atom stereocenters. The highest BCUT2D eigenvalue weighted by Gasteiger charge is 2.31. The molecule has 2 heterocycles. The lowest BCUT2D eigenvalue weighted by Gasteiger charge is -2.09. The van der Waals surface area contributed by atoms with Crippen LogP contribution < -0.4 is 4.74 Å². The molecule has 0 aliphatic heterocycles. The van der Waals surface area contributed by atoms with E-state index in [1.165, 1.54) is 40.3 Å². The van der Waals surface area contributed by atoms with Crippen LogP contribution >= 0.6 is 38.9 Å². The van der Waals surface area contributed by atoms with Crippen LogP contribution in [0, 0.1) is 12.7 Å². The summed E-state index contributed by atoms with van der Waals surface area (Å²) in [6.07, 6.45) is -4.75. The van der Waals surface area contributed by atoms with E-state index in [1.54, 1.807) is 25.2 Å². The van der Waals surface area contributed by atoms with Gasteiger partial charge in [0, 0.05) is 17.5 Å². The molecule has 0 aliphatic carbocycles. The predicted molar refractivity (Wildman–Crippen MR) is 119 cm³/mol. The fourth-order valence-electron chi connectivity index (χ4n) is 3.24. The number of nitrogens with zero attached hydrogens (tertiary/aromatic N) is 3. The van der Waals surface area contributed by atoms with Gasteiger partial charge in [0.1, 0.15) is 11.6 Å². The molecule has 0 amide bonds. The van der Waals surface area contributed by atoms with E-state index in [1.807, 2.05) is 6.92 Å². The van der Waals surface area contributed by atoms with Crippen molar-refractivity contribution >= 4 is 38.9 Å². The molecule has 0 aliphatic rings. The van der Waals surface area contributed by atoms with Crippen molar-refractivity contribution < 1.29 is 22.3 Å². The van der Waals surface area contributed by atoms with Crippen molar-refractivity contribution in [2.45, 2.75) is 13.3 Å². The lowest BCUT2D eigenvalue weighted by molar-refractivity contribution is -0.274. The van der Waals surface area contributed by atoms with Crippen LogP contribution in [0.2, 0.25) is 5.02 Å². The van der Waals surface area contributed by atoms with Crippen LogP contribution in [0.25, 0.3) is 33.2 Å². The first kappa shape index (κ1) is 22.8. The van der Waals surface area contributed by atoms with Gasteiger partial charge in [-0.2, -0.15) is 5.10 Å². The van der Waals surface area contributed by atoms with Gasteiger partial charge in [0.15, 0.2) is 11.6 Å². The second-order valence-electron chi connectivity index (χ2n) is 6.76. The zero-order valence-corrected chi connectivity index (χ0v) is 19.6. The standard InChI is InChI=1S/C21H13BrClF4N3OS/c1-10-15(20-28-19(29-30(20)2)16-13(23)4-3-5-14(16)24)18(22)32-17(10)11-6-8-12(9-7-11)31-21(25,26)27/h3-9H,1-2H3. The molecule has 0 spiro atoms. The third-order valence-corrected chi connectivity index (χ3v) is 6.95. The highest BCUT2D eigenvalue weighted by atomic mass is 79.9. The first-order chi connectivity index (χ1) is 15.0. The number of ether oxygens (including phenoxy) is 1. The molecular weight excluding hydrogens is 534 g/mol. The summed E-state index contributed by atoms with van der Waals surface area (Å²) in [5.41, 5.74) is 2.41. The maximum absolute atomic E-state index is 14.3. The van der Waals surface area contributed by atoms with Crippen LogP contribution in [-0.4, -0.2) is 21.1 Å². The van der Waals surface area contributed by atoms with Crippen molar-refractivity contribution in [1.29, 1.82) is 0 Å². The second-order valence-corrected chi connectivity index (χ2v) is 9.50. The number of hydrogen-bond donors (Lipinski definition) is 0. The van der Waals surface area contributed by atoms with Gasteiger partial charge in [0.2, 0.25) is 0 Å². The van der Waals surface area contributed by atoms with Gasteiger partial charge < -0.3 is 4.74 Å². The fraction of sp³-hybridized carbons (Fsp3) is 0.143. The molecule has 0 fully saturated rings. The van der Waals surface area contributed by atoms with E-state index in [9.17, 15) is 17.6 Å². The van der Waals surface area contributed by atoms with Crippen LogP contribution in [0.3, 0.4) is 0 Å². The lowest BCUT2D eigenvalue weighted by Crippen LogP contribution is -2.16. The Kier molecular flexibility index (Phi) is 6.04. The number of thiophene rings is 1. The molecule has 166 valence electrons. The van der Waals surface area contributed by atoms with Gasteiger partial charge in [-0.1, -0.05) is 17.7 Å².